The first-order valence-corrected chi connectivity index (χ1v) is 8.03. The minimum Gasteiger partial charge on any atom is -0.496 e. The number of benzene rings is 1. The number of rotatable bonds is 6. The first-order valence-electron chi connectivity index (χ1n) is 8.03. The quantitative estimate of drug-likeness (QED) is 0.876. The molecule has 0 aromatic heterocycles. The maximum atomic E-state index is 12.5. The second-order valence-electron chi connectivity index (χ2n) is 6.33. The van der Waals surface area contributed by atoms with Gasteiger partial charge in [0.25, 0.3) is 0 Å². The number of methoxy groups -OCH3 is 1. The van der Waals surface area contributed by atoms with Crippen LogP contribution < -0.4 is 10.1 Å². The molecule has 1 aliphatic rings. The minimum atomic E-state index is -0.836. The van der Waals surface area contributed by atoms with Crippen molar-refractivity contribution in [1.82, 2.24) is 10.2 Å². The molecule has 0 aliphatic heterocycles. The summed E-state index contributed by atoms with van der Waals surface area (Å²) in [6.45, 7) is 0.454. The summed E-state index contributed by atoms with van der Waals surface area (Å²) in [5, 5.41) is 12.4. The SMILES string of the molecule is COc1ccccc1C(CNC(=O)C1(C#N)CCCC1)N(C)C. The molecule has 2 rings (SSSR count). The van der Waals surface area contributed by atoms with E-state index in [0.717, 1.165) is 24.2 Å². The van der Waals surface area contributed by atoms with Gasteiger partial charge in [0.05, 0.1) is 19.2 Å². The summed E-state index contributed by atoms with van der Waals surface area (Å²) < 4.78 is 5.43. The predicted molar refractivity (Wildman–Crippen MR) is 88.9 cm³/mol. The molecule has 0 radical (unpaired) electrons. The van der Waals surface area contributed by atoms with Crippen molar-refractivity contribution in [3.05, 3.63) is 29.8 Å². The molecule has 1 aromatic rings. The van der Waals surface area contributed by atoms with E-state index in [-0.39, 0.29) is 11.9 Å². The van der Waals surface area contributed by atoms with Gasteiger partial charge < -0.3 is 15.0 Å². The Morgan fingerprint density at radius 1 is 1.39 bits per heavy atom. The number of nitrogens with one attached hydrogen (secondary N) is 1. The van der Waals surface area contributed by atoms with E-state index in [1.807, 2.05) is 43.3 Å². The number of carbonyl (C=O) groups excluding carboxylic acids is 1. The van der Waals surface area contributed by atoms with Gasteiger partial charge in [-0.2, -0.15) is 5.26 Å². The largest absolute Gasteiger partial charge is 0.496 e. The Kier molecular flexibility index (Phi) is 5.62. The van der Waals surface area contributed by atoms with Crippen LogP contribution in [0.2, 0.25) is 0 Å². The molecular weight excluding hydrogens is 290 g/mol. The molecule has 1 saturated carbocycles. The number of hydrogen-bond donors (Lipinski definition) is 1. The van der Waals surface area contributed by atoms with Gasteiger partial charge in [0.15, 0.2) is 0 Å². The molecule has 1 fully saturated rings. The number of nitrogens with zero attached hydrogens (tertiary/aromatic N) is 2. The average molecular weight is 315 g/mol. The topological polar surface area (TPSA) is 65.4 Å². The normalized spacial score (nSPS) is 17.5. The first-order chi connectivity index (χ1) is 11.0. The highest BCUT2D eigenvalue weighted by molar-refractivity contribution is 5.85. The highest BCUT2D eigenvalue weighted by Crippen LogP contribution is 2.37. The zero-order valence-electron chi connectivity index (χ0n) is 14.1. The highest BCUT2D eigenvalue weighted by atomic mass is 16.5. The lowest BCUT2D eigenvalue weighted by atomic mass is 9.87. The van der Waals surface area contributed by atoms with Crippen LogP contribution in [0.1, 0.15) is 37.3 Å². The van der Waals surface area contributed by atoms with Crippen molar-refractivity contribution >= 4 is 5.91 Å². The van der Waals surface area contributed by atoms with Gasteiger partial charge in [-0.1, -0.05) is 31.0 Å². The van der Waals surface area contributed by atoms with Crippen molar-refractivity contribution in [3.63, 3.8) is 0 Å². The summed E-state index contributed by atoms with van der Waals surface area (Å²) in [5.74, 6) is 0.663. The molecule has 5 heteroatoms. The van der Waals surface area contributed by atoms with Gasteiger partial charge in [0, 0.05) is 12.1 Å². The fourth-order valence-electron chi connectivity index (χ4n) is 3.24. The monoisotopic (exact) mass is 315 g/mol. The molecule has 1 aromatic carbocycles. The van der Waals surface area contributed by atoms with Gasteiger partial charge in [0.1, 0.15) is 11.2 Å². The fourth-order valence-corrected chi connectivity index (χ4v) is 3.24. The molecule has 1 aliphatic carbocycles. The Morgan fingerprint density at radius 3 is 2.61 bits per heavy atom. The summed E-state index contributed by atoms with van der Waals surface area (Å²) in [6, 6.07) is 10.0. The van der Waals surface area contributed by atoms with Crippen molar-refractivity contribution in [1.29, 1.82) is 5.26 Å². The molecule has 1 unspecified atom stereocenters. The zero-order chi connectivity index (χ0) is 16.9. The van der Waals surface area contributed by atoms with Crippen LogP contribution in [-0.2, 0) is 4.79 Å². The molecule has 0 saturated heterocycles. The summed E-state index contributed by atoms with van der Waals surface area (Å²) in [7, 11) is 5.59. The molecule has 23 heavy (non-hydrogen) atoms. The van der Waals surface area contributed by atoms with Crippen molar-refractivity contribution < 1.29 is 9.53 Å². The van der Waals surface area contributed by atoms with Gasteiger partial charge in [0.2, 0.25) is 5.91 Å². The average Bonchev–Trinajstić information content (AvgIpc) is 3.05. The Hall–Kier alpha value is -2.06. The summed E-state index contributed by atoms with van der Waals surface area (Å²) in [4.78, 5) is 14.6. The van der Waals surface area contributed by atoms with Gasteiger partial charge in [-0.15, -0.1) is 0 Å². The van der Waals surface area contributed by atoms with Gasteiger partial charge in [-0.25, -0.2) is 0 Å². The maximum Gasteiger partial charge on any atom is 0.240 e. The van der Waals surface area contributed by atoms with Crippen LogP contribution in [0.15, 0.2) is 24.3 Å². The van der Waals surface area contributed by atoms with Crippen molar-refractivity contribution in [2.75, 3.05) is 27.7 Å². The second-order valence-corrected chi connectivity index (χ2v) is 6.33. The zero-order valence-corrected chi connectivity index (χ0v) is 14.1. The fraction of sp³-hybridized carbons (Fsp3) is 0.556. The van der Waals surface area contributed by atoms with E-state index in [1.54, 1.807) is 7.11 Å². The van der Waals surface area contributed by atoms with E-state index < -0.39 is 5.41 Å². The van der Waals surface area contributed by atoms with Crippen LogP contribution in [-0.4, -0.2) is 38.6 Å². The number of carbonyl (C=O) groups is 1. The minimum absolute atomic E-state index is 0.00718. The number of likely N-dealkylation sites (N-methyl/N-ethyl adjacent to an activating group) is 1. The number of ether oxygens (including phenoxy) is 1. The third-order valence-corrected chi connectivity index (χ3v) is 4.68. The molecule has 1 amide bonds. The summed E-state index contributed by atoms with van der Waals surface area (Å²) in [6.07, 6.45) is 3.22. The molecule has 0 spiro atoms. The predicted octanol–water partition coefficient (Wildman–Crippen LogP) is 2.50. The Morgan fingerprint density at radius 2 is 2.04 bits per heavy atom. The van der Waals surface area contributed by atoms with Crippen LogP contribution in [0.3, 0.4) is 0 Å². The van der Waals surface area contributed by atoms with Crippen molar-refractivity contribution in [2.45, 2.75) is 31.7 Å². The Labute approximate surface area is 138 Å². The molecule has 0 heterocycles. The third-order valence-electron chi connectivity index (χ3n) is 4.68. The van der Waals surface area contributed by atoms with Gasteiger partial charge >= 0.3 is 0 Å². The lowest BCUT2D eigenvalue weighted by molar-refractivity contribution is -0.128. The van der Waals surface area contributed by atoms with Crippen molar-refractivity contribution in [3.8, 4) is 11.8 Å². The number of hydrogen-bond acceptors (Lipinski definition) is 4. The first kappa shape index (κ1) is 17.3. The third kappa shape index (κ3) is 3.65. The highest BCUT2D eigenvalue weighted by Gasteiger charge is 2.41. The molecule has 5 nitrogen and oxygen atoms in total. The van der Waals surface area contributed by atoms with E-state index in [1.165, 1.54) is 0 Å². The van der Waals surface area contributed by atoms with E-state index in [9.17, 15) is 10.1 Å². The summed E-state index contributed by atoms with van der Waals surface area (Å²) in [5.41, 5.74) is 0.190. The van der Waals surface area contributed by atoms with Crippen LogP contribution in [0.25, 0.3) is 0 Å². The van der Waals surface area contributed by atoms with E-state index in [2.05, 4.69) is 11.4 Å². The second kappa shape index (κ2) is 7.47. The number of para-hydroxylation sites is 1. The Bertz CT molecular complexity index is 586. The van der Waals surface area contributed by atoms with E-state index in [0.29, 0.717) is 19.4 Å². The van der Waals surface area contributed by atoms with Crippen LogP contribution in [0.4, 0.5) is 0 Å². The van der Waals surface area contributed by atoms with E-state index in [4.69, 9.17) is 4.74 Å². The number of amides is 1. The maximum absolute atomic E-state index is 12.5. The van der Waals surface area contributed by atoms with E-state index >= 15 is 0 Å². The summed E-state index contributed by atoms with van der Waals surface area (Å²) >= 11 is 0. The lowest BCUT2D eigenvalue weighted by Crippen LogP contribution is -2.42. The van der Waals surface area contributed by atoms with Crippen LogP contribution in [0, 0.1) is 16.7 Å². The number of nitriles is 1. The molecule has 124 valence electrons. The molecular formula is C18H25N3O2. The Balaban J connectivity index is 2.12. The van der Waals surface area contributed by atoms with Gasteiger partial charge in [-0.3, -0.25) is 4.79 Å². The van der Waals surface area contributed by atoms with Crippen molar-refractivity contribution in [2.24, 2.45) is 5.41 Å². The molecule has 1 N–H and O–H groups in total. The van der Waals surface area contributed by atoms with Gasteiger partial charge in [-0.05, 0) is 33.0 Å². The molecule has 1 atom stereocenters. The smallest absolute Gasteiger partial charge is 0.240 e. The molecule has 0 bridgehead atoms. The standard InChI is InChI=1S/C18H25N3O2/c1-21(2)15(14-8-4-5-9-16(14)23-3)12-20-17(22)18(13-19)10-6-7-11-18/h4-5,8-9,15H,6-7,10-12H2,1-3H3,(H,20,22). The van der Waals surface area contributed by atoms with Crippen LogP contribution in [0.5, 0.6) is 5.75 Å². The lowest BCUT2D eigenvalue weighted by Gasteiger charge is -2.28. The van der Waals surface area contributed by atoms with Crippen LogP contribution >= 0.6 is 0 Å².